The number of hydrogen-bond acceptors (Lipinski definition) is 2. The molecule has 0 saturated carbocycles. The van der Waals surface area contributed by atoms with E-state index >= 15 is 0 Å². The van der Waals surface area contributed by atoms with Crippen molar-refractivity contribution < 1.29 is 4.79 Å². The number of nitrogens with zero attached hydrogens (tertiary/aromatic N) is 1. The third-order valence-electron chi connectivity index (χ3n) is 1.99. The number of carbonyl (C=O) groups is 1. The zero-order valence-electron chi connectivity index (χ0n) is 8.74. The number of carbonyl (C=O) groups excluding carboxylic acids is 1. The normalized spacial score (nSPS) is 12.1. The number of nitrogens with one attached hydrogen (secondary N) is 1. The van der Waals surface area contributed by atoms with Gasteiger partial charge in [0.05, 0.1) is 5.56 Å². The number of halogens is 1. The number of aromatic nitrogens is 1. The van der Waals surface area contributed by atoms with Gasteiger partial charge in [0, 0.05) is 23.8 Å². The zero-order valence-corrected chi connectivity index (χ0v) is 10.3. The van der Waals surface area contributed by atoms with Gasteiger partial charge in [0.1, 0.15) is 0 Å². The summed E-state index contributed by atoms with van der Waals surface area (Å²) in [5.41, 5.74) is 0.615. The largest absolute Gasteiger partial charge is 0.352 e. The van der Waals surface area contributed by atoms with Gasteiger partial charge < -0.3 is 5.32 Å². The molecule has 0 fully saturated rings. The van der Waals surface area contributed by atoms with Gasteiger partial charge in [0.2, 0.25) is 0 Å². The number of rotatable bonds is 5. The number of amides is 1. The molecule has 0 aromatic carbocycles. The fourth-order valence-electron chi connectivity index (χ4n) is 1.18. The monoisotopic (exact) mass is 270 g/mol. The van der Waals surface area contributed by atoms with Gasteiger partial charge in [-0.05, 0) is 25.0 Å². The van der Waals surface area contributed by atoms with Crippen LogP contribution in [0, 0.1) is 0 Å². The summed E-state index contributed by atoms with van der Waals surface area (Å²) in [6, 6.07) is 3.52. The Labute approximate surface area is 98.4 Å². The molecule has 0 bridgehead atoms. The second-order valence-electron chi connectivity index (χ2n) is 3.42. The molecule has 0 aliphatic heterocycles. The molecule has 0 radical (unpaired) electrons. The Hall–Kier alpha value is -0.900. The van der Waals surface area contributed by atoms with E-state index in [9.17, 15) is 4.79 Å². The quantitative estimate of drug-likeness (QED) is 0.660. The Balaban J connectivity index is 2.25. The summed E-state index contributed by atoms with van der Waals surface area (Å²) in [5, 5.41) is 2.85. The first-order chi connectivity index (χ1) is 7.20. The van der Waals surface area contributed by atoms with Crippen LogP contribution >= 0.6 is 15.9 Å². The molecular weight excluding hydrogens is 256 g/mol. The van der Waals surface area contributed by atoms with Gasteiger partial charge in [-0.2, -0.15) is 0 Å². The van der Waals surface area contributed by atoms with E-state index in [4.69, 9.17) is 0 Å². The molecular formula is C11H15BrN2O. The van der Waals surface area contributed by atoms with Gasteiger partial charge in [-0.1, -0.05) is 22.9 Å². The van der Waals surface area contributed by atoms with Crippen LogP contribution in [0.25, 0.3) is 0 Å². The standard InChI is InChI=1S/C11H15BrN2O/c1-9(12)4-2-7-14-11(15)10-5-3-6-13-8-10/h3,5-6,8-9H,2,4,7H2,1H3,(H,14,15). The first-order valence-corrected chi connectivity index (χ1v) is 5.94. The smallest absolute Gasteiger partial charge is 0.252 e. The van der Waals surface area contributed by atoms with Gasteiger partial charge >= 0.3 is 0 Å². The van der Waals surface area contributed by atoms with Gasteiger partial charge in [0.15, 0.2) is 0 Å². The summed E-state index contributed by atoms with van der Waals surface area (Å²) in [4.78, 5) is 15.9. The van der Waals surface area contributed by atoms with Crippen molar-refractivity contribution in [3.8, 4) is 0 Å². The Morgan fingerprint density at radius 2 is 2.47 bits per heavy atom. The van der Waals surface area contributed by atoms with E-state index in [1.807, 2.05) is 0 Å². The molecule has 1 atom stereocenters. The topological polar surface area (TPSA) is 42.0 Å². The first-order valence-electron chi connectivity index (χ1n) is 5.02. The average molecular weight is 271 g/mol. The zero-order chi connectivity index (χ0) is 11.1. The molecule has 0 aliphatic rings. The highest BCUT2D eigenvalue weighted by Gasteiger charge is 2.03. The molecule has 0 spiro atoms. The minimum absolute atomic E-state index is 0.0506. The van der Waals surface area contributed by atoms with Crippen LogP contribution in [-0.2, 0) is 0 Å². The molecule has 1 heterocycles. The van der Waals surface area contributed by atoms with Crippen molar-refractivity contribution in [1.29, 1.82) is 0 Å². The molecule has 0 aliphatic carbocycles. The summed E-state index contributed by atoms with van der Waals surface area (Å²) in [6.45, 7) is 2.81. The summed E-state index contributed by atoms with van der Waals surface area (Å²) in [7, 11) is 0. The van der Waals surface area contributed by atoms with Crippen molar-refractivity contribution in [3.63, 3.8) is 0 Å². The lowest BCUT2D eigenvalue weighted by Gasteiger charge is -2.05. The molecule has 1 amide bonds. The van der Waals surface area contributed by atoms with Crippen LogP contribution in [-0.4, -0.2) is 22.3 Å². The van der Waals surface area contributed by atoms with Gasteiger partial charge in [0.25, 0.3) is 5.91 Å². The third kappa shape index (κ3) is 4.93. The molecule has 1 unspecified atom stereocenters. The van der Waals surface area contributed by atoms with Crippen molar-refractivity contribution >= 4 is 21.8 Å². The van der Waals surface area contributed by atoms with E-state index in [1.54, 1.807) is 24.5 Å². The first kappa shape index (κ1) is 12.2. The highest BCUT2D eigenvalue weighted by atomic mass is 79.9. The number of pyridine rings is 1. The Morgan fingerprint density at radius 3 is 3.07 bits per heavy atom. The lowest BCUT2D eigenvalue weighted by atomic mass is 10.2. The molecule has 3 nitrogen and oxygen atoms in total. The minimum Gasteiger partial charge on any atom is -0.352 e. The Bertz CT molecular complexity index is 301. The van der Waals surface area contributed by atoms with E-state index in [1.165, 1.54) is 0 Å². The SMILES string of the molecule is CC(Br)CCCNC(=O)c1cccnc1. The van der Waals surface area contributed by atoms with E-state index in [0.29, 0.717) is 16.9 Å². The maximum absolute atomic E-state index is 11.5. The van der Waals surface area contributed by atoms with Crippen LogP contribution in [0.1, 0.15) is 30.1 Å². The predicted molar refractivity (Wildman–Crippen MR) is 64.2 cm³/mol. The van der Waals surface area contributed by atoms with Crippen LogP contribution in [0.5, 0.6) is 0 Å². The third-order valence-corrected chi connectivity index (χ3v) is 2.45. The number of hydrogen-bond donors (Lipinski definition) is 1. The highest BCUT2D eigenvalue weighted by molar-refractivity contribution is 9.09. The van der Waals surface area contributed by atoms with Gasteiger partial charge in [-0.3, -0.25) is 9.78 Å². The lowest BCUT2D eigenvalue weighted by Crippen LogP contribution is -2.24. The molecule has 82 valence electrons. The summed E-state index contributed by atoms with van der Waals surface area (Å²) in [5.74, 6) is -0.0506. The summed E-state index contributed by atoms with van der Waals surface area (Å²) < 4.78 is 0. The molecule has 1 rings (SSSR count). The Morgan fingerprint density at radius 1 is 1.67 bits per heavy atom. The van der Waals surface area contributed by atoms with Gasteiger partial charge in [-0.15, -0.1) is 0 Å². The lowest BCUT2D eigenvalue weighted by molar-refractivity contribution is 0.0952. The Kier molecular flexibility index (Phi) is 5.32. The maximum Gasteiger partial charge on any atom is 0.252 e. The van der Waals surface area contributed by atoms with Crippen LogP contribution in [0.2, 0.25) is 0 Å². The summed E-state index contributed by atoms with van der Waals surface area (Å²) in [6.07, 6.45) is 5.28. The van der Waals surface area contributed by atoms with Crippen molar-refractivity contribution in [3.05, 3.63) is 30.1 Å². The van der Waals surface area contributed by atoms with Gasteiger partial charge in [-0.25, -0.2) is 0 Å². The second kappa shape index (κ2) is 6.56. The van der Waals surface area contributed by atoms with Crippen molar-refractivity contribution in [2.45, 2.75) is 24.6 Å². The molecule has 1 aromatic heterocycles. The molecule has 0 saturated heterocycles. The molecule has 1 aromatic rings. The summed E-state index contributed by atoms with van der Waals surface area (Å²) >= 11 is 3.46. The molecule has 15 heavy (non-hydrogen) atoms. The second-order valence-corrected chi connectivity index (χ2v) is 4.98. The van der Waals surface area contributed by atoms with Crippen LogP contribution < -0.4 is 5.32 Å². The van der Waals surface area contributed by atoms with E-state index < -0.39 is 0 Å². The predicted octanol–water partition coefficient (Wildman–Crippen LogP) is 2.38. The van der Waals surface area contributed by atoms with Crippen molar-refractivity contribution in [1.82, 2.24) is 10.3 Å². The molecule has 4 heteroatoms. The van der Waals surface area contributed by atoms with Crippen LogP contribution in [0.15, 0.2) is 24.5 Å². The fraction of sp³-hybridized carbons (Fsp3) is 0.455. The highest BCUT2D eigenvalue weighted by Crippen LogP contribution is 2.05. The fourth-order valence-corrected chi connectivity index (χ4v) is 1.51. The van der Waals surface area contributed by atoms with E-state index in [2.05, 4.69) is 33.2 Å². The minimum atomic E-state index is -0.0506. The molecule has 1 N–H and O–H groups in total. The van der Waals surface area contributed by atoms with Crippen LogP contribution in [0.4, 0.5) is 0 Å². The van der Waals surface area contributed by atoms with Crippen LogP contribution in [0.3, 0.4) is 0 Å². The number of alkyl halides is 1. The van der Waals surface area contributed by atoms with Crippen molar-refractivity contribution in [2.75, 3.05) is 6.54 Å². The van der Waals surface area contributed by atoms with E-state index in [0.717, 1.165) is 12.8 Å². The average Bonchev–Trinajstić information content (AvgIpc) is 2.25. The van der Waals surface area contributed by atoms with Crippen molar-refractivity contribution in [2.24, 2.45) is 0 Å². The van der Waals surface area contributed by atoms with E-state index in [-0.39, 0.29) is 5.91 Å². The maximum atomic E-state index is 11.5.